The molecule has 1 aliphatic rings. The molecule has 1 amide bonds. The molecule has 0 saturated carbocycles. The Morgan fingerprint density at radius 3 is 2.52 bits per heavy atom. The zero-order chi connectivity index (χ0) is 21.5. The van der Waals surface area contributed by atoms with Crippen LogP contribution in [0.1, 0.15) is 5.56 Å². The van der Waals surface area contributed by atoms with Crippen molar-refractivity contribution in [3.63, 3.8) is 0 Å². The third kappa shape index (κ3) is 5.45. The van der Waals surface area contributed by atoms with Crippen LogP contribution in [0.5, 0.6) is 5.75 Å². The van der Waals surface area contributed by atoms with Crippen LogP contribution in [0.3, 0.4) is 0 Å². The highest BCUT2D eigenvalue weighted by molar-refractivity contribution is 7.99. The highest BCUT2D eigenvalue weighted by atomic mass is 32.2. The molecule has 1 aromatic heterocycles. The number of carbonyl (C=O) groups excluding carboxylic acids is 1. The van der Waals surface area contributed by atoms with Gasteiger partial charge in [0.1, 0.15) is 5.75 Å². The first-order valence-corrected chi connectivity index (χ1v) is 11.3. The molecular formula is C23H26N4O3S. The van der Waals surface area contributed by atoms with Crippen LogP contribution >= 0.6 is 11.8 Å². The van der Waals surface area contributed by atoms with Crippen molar-refractivity contribution in [1.82, 2.24) is 19.7 Å². The van der Waals surface area contributed by atoms with Gasteiger partial charge in [0, 0.05) is 25.2 Å². The van der Waals surface area contributed by atoms with Gasteiger partial charge in [0.15, 0.2) is 11.0 Å². The Morgan fingerprint density at radius 2 is 1.81 bits per heavy atom. The van der Waals surface area contributed by atoms with Crippen LogP contribution in [0.15, 0.2) is 59.8 Å². The molecule has 0 unspecified atom stereocenters. The van der Waals surface area contributed by atoms with Crippen molar-refractivity contribution in [2.24, 2.45) is 0 Å². The van der Waals surface area contributed by atoms with Crippen molar-refractivity contribution in [2.45, 2.75) is 18.1 Å². The van der Waals surface area contributed by atoms with E-state index in [0.29, 0.717) is 32.1 Å². The molecule has 1 aliphatic heterocycles. The van der Waals surface area contributed by atoms with Gasteiger partial charge < -0.3 is 18.9 Å². The fourth-order valence-electron chi connectivity index (χ4n) is 3.47. The van der Waals surface area contributed by atoms with Gasteiger partial charge in [-0.1, -0.05) is 42.1 Å². The van der Waals surface area contributed by atoms with E-state index in [4.69, 9.17) is 9.47 Å². The minimum Gasteiger partial charge on any atom is -0.497 e. The van der Waals surface area contributed by atoms with E-state index in [1.807, 2.05) is 47.4 Å². The van der Waals surface area contributed by atoms with Crippen molar-refractivity contribution >= 4 is 17.7 Å². The van der Waals surface area contributed by atoms with Gasteiger partial charge in [-0.05, 0) is 36.2 Å². The monoisotopic (exact) mass is 438 g/mol. The summed E-state index contributed by atoms with van der Waals surface area (Å²) in [6, 6.07) is 18.1. The molecule has 0 N–H and O–H groups in total. The number of benzene rings is 2. The third-order valence-electron chi connectivity index (χ3n) is 5.22. The minimum absolute atomic E-state index is 0.108. The van der Waals surface area contributed by atoms with E-state index in [1.54, 1.807) is 7.11 Å². The summed E-state index contributed by atoms with van der Waals surface area (Å²) in [5, 5.41) is 9.62. The SMILES string of the molecule is COc1ccc(-c2nnc(SCC(=O)N3CCOCC3)n2CCc2ccccc2)cc1. The Hall–Kier alpha value is -2.84. The second-order valence-corrected chi connectivity index (χ2v) is 8.15. The summed E-state index contributed by atoms with van der Waals surface area (Å²) in [6.45, 7) is 3.23. The number of hydrogen-bond donors (Lipinski definition) is 0. The van der Waals surface area contributed by atoms with Crippen molar-refractivity contribution in [3.05, 3.63) is 60.2 Å². The average molecular weight is 439 g/mol. The molecule has 7 nitrogen and oxygen atoms in total. The molecule has 4 rings (SSSR count). The smallest absolute Gasteiger partial charge is 0.233 e. The maximum atomic E-state index is 12.6. The summed E-state index contributed by atoms with van der Waals surface area (Å²) in [7, 11) is 1.65. The molecule has 0 atom stereocenters. The second-order valence-electron chi connectivity index (χ2n) is 7.20. The zero-order valence-corrected chi connectivity index (χ0v) is 18.4. The third-order valence-corrected chi connectivity index (χ3v) is 6.17. The topological polar surface area (TPSA) is 69.5 Å². The maximum Gasteiger partial charge on any atom is 0.233 e. The molecule has 162 valence electrons. The largest absolute Gasteiger partial charge is 0.497 e. The van der Waals surface area contributed by atoms with Gasteiger partial charge in [0.25, 0.3) is 0 Å². The van der Waals surface area contributed by atoms with Crippen LogP contribution in [-0.4, -0.2) is 64.7 Å². The highest BCUT2D eigenvalue weighted by Gasteiger charge is 2.20. The van der Waals surface area contributed by atoms with Crippen molar-refractivity contribution < 1.29 is 14.3 Å². The zero-order valence-electron chi connectivity index (χ0n) is 17.6. The Balaban J connectivity index is 1.53. The lowest BCUT2D eigenvalue weighted by Gasteiger charge is -2.26. The first kappa shape index (κ1) is 21.4. The molecule has 2 heterocycles. The van der Waals surface area contributed by atoms with E-state index in [-0.39, 0.29) is 5.91 Å². The number of carbonyl (C=O) groups is 1. The van der Waals surface area contributed by atoms with Crippen LogP contribution < -0.4 is 4.74 Å². The van der Waals surface area contributed by atoms with Crippen molar-refractivity contribution in [3.8, 4) is 17.1 Å². The van der Waals surface area contributed by atoms with E-state index < -0.39 is 0 Å². The average Bonchev–Trinajstić information content (AvgIpc) is 3.25. The lowest BCUT2D eigenvalue weighted by Crippen LogP contribution is -2.41. The standard InChI is InChI=1S/C23H26N4O3S/c1-29-20-9-7-19(8-10-20)22-24-25-23(27(22)12-11-18-5-3-2-4-6-18)31-17-21(28)26-13-15-30-16-14-26/h2-10H,11-17H2,1H3. The van der Waals surface area contributed by atoms with Gasteiger partial charge in [-0.3, -0.25) is 4.79 Å². The Morgan fingerprint density at radius 1 is 1.06 bits per heavy atom. The van der Waals surface area contributed by atoms with Gasteiger partial charge in [-0.2, -0.15) is 0 Å². The first-order chi connectivity index (χ1) is 15.2. The van der Waals surface area contributed by atoms with Crippen LogP contribution in [-0.2, 0) is 22.5 Å². The molecule has 1 fully saturated rings. The Labute approximate surface area is 186 Å². The summed E-state index contributed by atoms with van der Waals surface area (Å²) >= 11 is 1.44. The van der Waals surface area contributed by atoms with Crippen LogP contribution in [0, 0.1) is 0 Å². The van der Waals surface area contributed by atoms with Gasteiger partial charge in [0.2, 0.25) is 5.91 Å². The number of aromatic nitrogens is 3. The number of aryl methyl sites for hydroxylation is 1. The Kier molecular flexibility index (Phi) is 7.22. The van der Waals surface area contributed by atoms with Gasteiger partial charge >= 0.3 is 0 Å². The van der Waals surface area contributed by atoms with Crippen molar-refractivity contribution in [2.75, 3.05) is 39.2 Å². The number of thioether (sulfide) groups is 1. The predicted molar refractivity (Wildman–Crippen MR) is 120 cm³/mol. The number of hydrogen-bond acceptors (Lipinski definition) is 6. The van der Waals surface area contributed by atoms with Crippen molar-refractivity contribution in [1.29, 1.82) is 0 Å². The quantitative estimate of drug-likeness (QED) is 0.503. The Bertz CT molecular complexity index is 986. The molecule has 2 aromatic carbocycles. The van der Waals surface area contributed by atoms with Crippen LogP contribution in [0.4, 0.5) is 0 Å². The fourth-order valence-corrected chi connectivity index (χ4v) is 4.33. The summed E-state index contributed by atoms with van der Waals surface area (Å²) in [5.41, 5.74) is 2.21. The first-order valence-electron chi connectivity index (χ1n) is 10.3. The van der Waals surface area contributed by atoms with E-state index in [9.17, 15) is 4.79 Å². The fraction of sp³-hybridized carbons (Fsp3) is 0.348. The molecule has 0 spiro atoms. The molecule has 0 bridgehead atoms. The summed E-state index contributed by atoms with van der Waals surface area (Å²) < 4.78 is 12.7. The molecular weight excluding hydrogens is 412 g/mol. The van der Waals surface area contributed by atoms with E-state index in [2.05, 4.69) is 26.9 Å². The normalized spacial score (nSPS) is 13.9. The maximum absolute atomic E-state index is 12.6. The molecule has 0 radical (unpaired) electrons. The number of nitrogens with zero attached hydrogens (tertiary/aromatic N) is 4. The number of morpholine rings is 1. The van der Waals surface area contributed by atoms with Gasteiger partial charge in [0.05, 0.1) is 26.1 Å². The molecule has 31 heavy (non-hydrogen) atoms. The summed E-state index contributed by atoms with van der Waals surface area (Å²) in [4.78, 5) is 14.4. The second kappa shape index (κ2) is 10.5. The van der Waals surface area contributed by atoms with E-state index >= 15 is 0 Å². The summed E-state index contributed by atoms with van der Waals surface area (Å²) in [6.07, 6.45) is 0.854. The number of ether oxygens (including phenoxy) is 2. The van der Waals surface area contributed by atoms with E-state index in [1.165, 1.54) is 17.3 Å². The van der Waals surface area contributed by atoms with E-state index in [0.717, 1.165) is 35.3 Å². The van der Waals surface area contributed by atoms with Crippen LogP contribution in [0.2, 0.25) is 0 Å². The molecule has 8 heteroatoms. The van der Waals surface area contributed by atoms with Gasteiger partial charge in [-0.25, -0.2) is 0 Å². The van der Waals surface area contributed by atoms with Gasteiger partial charge in [-0.15, -0.1) is 10.2 Å². The predicted octanol–water partition coefficient (Wildman–Crippen LogP) is 3.15. The van der Waals surface area contributed by atoms with Crippen LogP contribution in [0.25, 0.3) is 11.4 Å². The molecule has 3 aromatic rings. The lowest BCUT2D eigenvalue weighted by molar-refractivity contribution is -0.132. The lowest BCUT2D eigenvalue weighted by atomic mass is 10.1. The summed E-state index contributed by atoms with van der Waals surface area (Å²) in [5.74, 6) is 2.04. The minimum atomic E-state index is 0.108. The number of methoxy groups -OCH3 is 1. The number of rotatable bonds is 8. The molecule has 1 saturated heterocycles. The molecule has 0 aliphatic carbocycles. The number of amides is 1. The highest BCUT2D eigenvalue weighted by Crippen LogP contribution is 2.26.